The highest BCUT2D eigenvalue weighted by atomic mass is 16.5. The van der Waals surface area contributed by atoms with Crippen molar-refractivity contribution >= 4 is 6.03 Å². The second-order valence-electron chi connectivity index (χ2n) is 5.55. The maximum Gasteiger partial charge on any atom is 0.315 e. The summed E-state index contributed by atoms with van der Waals surface area (Å²) in [7, 11) is 1.60. The summed E-state index contributed by atoms with van der Waals surface area (Å²) in [5, 5.41) is 9.98. The molecule has 2 heterocycles. The van der Waals surface area contributed by atoms with Gasteiger partial charge in [-0.25, -0.2) is 14.5 Å². The van der Waals surface area contributed by atoms with Crippen LogP contribution in [0.5, 0.6) is 0 Å². The average molecular weight is 317 g/mol. The summed E-state index contributed by atoms with van der Waals surface area (Å²) in [4.78, 5) is 16.1. The molecule has 0 radical (unpaired) electrons. The minimum atomic E-state index is -0.225. The summed E-state index contributed by atoms with van der Waals surface area (Å²) in [5.41, 5.74) is 2.91. The molecular formula is C16H23N5O2. The molecular weight excluding hydrogens is 294 g/mol. The fraction of sp³-hybridized carbons (Fsp3) is 0.438. The quantitative estimate of drug-likeness (QED) is 0.850. The van der Waals surface area contributed by atoms with Crippen LogP contribution in [0.3, 0.4) is 0 Å². The second-order valence-corrected chi connectivity index (χ2v) is 5.55. The Bertz CT molecular complexity index is 651. The number of carbonyl (C=O) groups excluding carboxylic acids is 1. The third-order valence-electron chi connectivity index (χ3n) is 3.28. The van der Waals surface area contributed by atoms with Crippen molar-refractivity contribution in [3.63, 3.8) is 0 Å². The van der Waals surface area contributed by atoms with Gasteiger partial charge in [-0.2, -0.15) is 5.10 Å². The Labute approximate surface area is 136 Å². The number of urea groups is 1. The summed E-state index contributed by atoms with van der Waals surface area (Å²) in [6.07, 6.45) is 1.74. The number of nitrogens with zero attached hydrogens (tertiary/aromatic N) is 3. The van der Waals surface area contributed by atoms with E-state index in [2.05, 4.69) is 20.7 Å². The molecule has 2 amide bonds. The van der Waals surface area contributed by atoms with Crippen LogP contribution >= 0.6 is 0 Å². The fourth-order valence-corrected chi connectivity index (χ4v) is 2.26. The maximum atomic E-state index is 11.7. The number of methoxy groups -OCH3 is 1. The molecule has 0 aliphatic rings. The van der Waals surface area contributed by atoms with Crippen molar-refractivity contribution in [2.45, 2.75) is 33.4 Å². The van der Waals surface area contributed by atoms with Crippen LogP contribution in [0.4, 0.5) is 4.79 Å². The number of pyridine rings is 1. The minimum absolute atomic E-state index is 0.0356. The van der Waals surface area contributed by atoms with E-state index in [1.807, 2.05) is 39.0 Å². The van der Waals surface area contributed by atoms with E-state index in [0.717, 1.165) is 22.8 Å². The Morgan fingerprint density at radius 1 is 1.39 bits per heavy atom. The Balaban J connectivity index is 1.90. The smallest absolute Gasteiger partial charge is 0.315 e. The molecule has 0 aliphatic heterocycles. The number of nitrogens with one attached hydrogen (secondary N) is 2. The molecule has 1 unspecified atom stereocenters. The van der Waals surface area contributed by atoms with Gasteiger partial charge in [-0.05, 0) is 38.5 Å². The van der Waals surface area contributed by atoms with Crippen molar-refractivity contribution in [3.8, 4) is 5.82 Å². The molecule has 1 atom stereocenters. The van der Waals surface area contributed by atoms with Crippen LogP contribution in [0.15, 0.2) is 24.4 Å². The third kappa shape index (κ3) is 4.79. The van der Waals surface area contributed by atoms with Gasteiger partial charge >= 0.3 is 6.03 Å². The van der Waals surface area contributed by atoms with Crippen molar-refractivity contribution < 1.29 is 9.53 Å². The van der Waals surface area contributed by atoms with Gasteiger partial charge in [0.1, 0.15) is 0 Å². The van der Waals surface area contributed by atoms with Crippen molar-refractivity contribution in [2.75, 3.05) is 13.7 Å². The summed E-state index contributed by atoms with van der Waals surface area (Å²) in [6, 6.07) is 5.56. The maximum absolute atomic E-state index is 11.7. The normalized spacial score (nSPS) is 12.0. The van der Waals surface area contributed by atoms with Gasteiger partial charge in [0.05, 0.1) is 18.3 Å². The van der Waals surface area contributed by atoms with Gasteiger partial charge < -0.3 is 15.4 Å². The number of aryl methyl sites for hydroxylation is 2. The fourth-order valence-electron chi connectivity index (χ4n) is 2.26. The van der Waals surface area contributed by atoms with Crippen LogP contribution in [0.25, 0.3) is 5.82 Å². The third-order valence-corrected chi connectivity index (χ3v) is 3.28. The first-order valence-corrected chi connectivity index (χ1v) is 7.51. The first-order valence-electron chi connectivity index (χ1n) is 7.51. The van der Waals surface area contributed by atoms with E-state index in [-0.39, 0.29) is 12.1 Å². The molecule has 2 N–H and O–H groups in total. The summed E-state index contributed by atoms with van der Waals surface area (Å²) in [6.45, 7) is 6.71. The predicted molar refractivity (Wildman–Crippen MR) is 87.5 cm³/mol. The molecule has 0 aliphatic carbocycles. The minimum Gasteiger partial charge on any atom is -0.383 e. The standard InChI is InChI=1S/C16H23N5O2/c1-11-7-13(3)21(20-11)15-6-5-14(8-17-15)9-18-16(22)19-12(2)10-23-4/h5-8,12H,9-10H2,1-4H3,(H2,18,19,22). The number of carbonyl (C=O) groups is 1. The summed E-state index contributed by atoms with van der Waals surface area (Å²) < 4.78 is 6.77. The van der Waals surface area contributed by atoms with E-state index in [0.29, 0.717) is 13.2 Å². The van der Waals surface area contributed by atoms with E-state index >= 15 is 0 Å². The molecule has 2 aromatic heterocycles. The molecule has 7 nitrogen and oxygen atoms in total. The van der Waals surface area contributed by atoms with Gasteiger partial charge in [-0.1, -0.05) is 6.07 Å². The predicted octanol–water partition coefficient (Wildman–Crippen LogP) is 1.72. The monoisotopic (exact) mass is 317 g/mol. The lowest BCUT2D eigenvalue weighted by atomic mass is 10.3. The lowest BCUT2D eigenvalue weighted by molar-refractivity contribution is 0.171. The number of amides is 2. The van der Waals surface area contributed by atoms with Crippen molar-refractivity contribution in [3.05, 3.63) is 41.3 Å². The van der Waals surface area contributed by atoms with Gasteiger partial charge in [-0.15, -0.1) is 0 Å². The molecule has 2 rings (SSSR count). The van der Waals surface area contributed by atoms with Gasteiger partial charge in [0.2, 0.25) is 0 Å². The lowest BCUT2D eigenvalue weighted by Crippen LogP contribution is -2.42. The van der Waals surface area contributed by atoms with E-state index in [1.165, 1.54) is 0 Å². The Morgan fingerprint density at radius 2 is 2.17 bits per heavy atom. The lowest BCUT2D eigenvalue weighted by Gasteiger charge is -2.13. The first kappa shape index (κ1) is 17.0. The largest absolute Gasteiger partial charge is 0.383 e. The molecule has 7 heteroatoms. The van der Waals surface area contributed by atoms with Crippen LogP contribution in [-0.4, -0.2) is 40.6 Å². The summed E-state index contributed by atoms with van der Waals surface area (Å²) in [5.74, 6) is 0.762. The Kier molecular flexibility index (Phi) is 5.70. The van der Waals surface area contributed by atoms with Gasteiger partial charge in [0.25, 0.3) is 0 Å². The Hall–Kier alpha value is -2.41. The van der Waals surface area contributed by atoms with Crippen molar-refractivity contribution in [2.24, 2.45) is 0 Å². The molecule has 0 bridgehead atoms. The molecule has 0 aromatic carbocycles. The molecule has 0 spiro atoms. The zero-order valence-electron chi connectivity index (χ0n) is 14.0. The van der Waals surface area contributed by atoms with E-state index in [4.69, 9.17) is 4.74 Å². The van der Waals surface area contributed by atoms with E-state index in [1.54, 1.807) is 18.0 Å². The van der Waals surface area contributed by atoms with Crippen LogP contribution < -0.4 is 10.6 Å². The first-order chi connectivity index (χ1) is 11.0. The number of ether oxygens (including phenoxy) is 1. The van der Waals surface area contributed by atoms with E-state index in [9.17, 15) is 4.79 Å². The average Bonchev–Trinajstić information content (AvgIpc) is 2.84. The number of aromatic nitrogens is 3. The number of rotatable bonds is 6. The number of hydrogen-bond donors (Lipinski definition) is 2. The van der Waals surface area contributed by atoms with Gasteiger partial charge in [-0.3, -0.25) is 0 Å². The highest BCUT2D eigenvalue weighted by molar-refractivity contribution is 5.74. The molecule has 23 heavy (non-hydrogen) atoms. The molecule has 124 valence electrons. The zero-order chi connectivity index (χ0) is 16.8. The molecule has 0 saturated carbocycles. The van der Waals surface area contributed by atoms with Gasteiger partial charge in [0, 0.05) is 25.5 Å². The number of hydrogen-bond acceptors (Lipinski definition) is 4. The SMILES string of the molecule is COCC(C)NC(=O)NCc1ccc(-n2nc(C)cc2C)nc1. The molecule has 2 aromatic rings. The molecule has 0 saturated heterocycles. The highest BCUT2D eigenvalue weighted by Gasteiger charge is 2.07. The molecule has 0 fully saturated rings. The van der Waals surface area contributed by atoms with Crippen LogP contribution in [0.2, 0.25) is 0 Å². The van der Waals surface area contributed by atoms with Crippen LogP contribution in [0.1, 0.15) is 23.9 Å². The van der Waals surface area contributed by atoms with Crippen molar-refractivity contribution in [1.82, 2.24) is 25.4 Å². The van der Waals surface area contributed by atoms with E-state index < -0.39 is 0 Å². The second kappa shape index (κ2) is 7.73. The van der Waals surface area contributed by atoms with Gasteiger partial charge in [0.15, 0.2) is 5.82 Å². The highest BCUT2D eigenvalue weighted by Crippen LogP contribution is 2.10. The topological polar surface area (TPSA) is 81.1 Å². The van der Waals surface area contributed by atoms with Crippen LogP contribution in [-0.2, 0) is 11.3 Å². The Morgan fingerprint density at radius 3 is 2.74 bits per heavy atom. The summed E-state index contributed by atoms with van der Waals surface area (Å²) >= 11 is 0. The zero-order valence-corrected chi connectivity index (χ0v) is 14.0. The van der Waals surface area contributed by atoms with Crippen molar-refractivity contribution in [1.29, 1.82) is 0 Å². The van der Waals surface area contributed by atoms with Crippen LogP contribution in [0, 0.1) is 13.8 Å².